The molecule has 0 heterocycles. The van der Waals surface area contributed by atoms with Crippen LogP contribution in [0.15, 0.2) is 0 Å². The second kappa shape index (κ2) is 10.2. The summed E-state index contributed by atoms with van der Waals surface area (Å²) in [7, 11) is 3.19. The Morgan fingerprint density at radius 2 is 2.05 bits per heavy atom. The first-order valence-corrected chi connectivity index (χ1v) is 6.96. The van der Waals surface area contributed by atoms with Crippen molar-refractivity contribution in [2.24, 2.45) is 0 Å². The van der Waals surface area contributed by atoms with Crippen molar-refractivity contribution in [2.45, 2.75) is 51.7 Å². The summed E-state index contributed by atoms with van der Waals surface area (Å²) in [6.45, 7) is 7.87. The number of methoxy groups -OCH3 is 1. The maximum Gasteiger partial charge on any atom is 0.325 e. The number of esters is 1. The van der Waals surface area contributed by atoms with E-state index in [1.807, 2.05) is 20.8 Å². The quantitative estimate of drug-likeness (QED) is 0.460. The van der Waals surface area contributed by atoms with Crippen LogP contribution in [0.5, 0.6) is 0 Å². The zero-order valence-electron chi connectivity index (χ0n) is 13.0. The molecule has 0 rings (SSSR count). The highest BCUT2D eigenvalue weighted by Crippen LogP contribution is 2.15. The Kier molecular flexibility index (Phi) is 9.83. The zero-order valence-corrected chi connectivity index (χ0v) is 13.0. The molecule has 0 saturated carbocycles. The third kappa shape index (κ3) is 7.50. The fourth-order valence-corrected chi connectivity index (χ4v) is 1.75. The van der Waals surface area contributed by atoms with Gasteiger partial charge in [0.2, 0.25) is 0 Å². The summed E-state index contributed by atoms with van der Waals surface area (Å²) in [6.07, 6.45) is 2.69. The molecule has 0 aliphatic carbocycles. The van der Waals surface area contributed by atoms with Crippen LogP contribution in [-0.4, -0.2) is 51.6 Å². The summed E-state index contributed by atoms with van der Waals surface area (Å²) in [4.78, 5) is 11.6. The van der Waals surface area contributed by atoms with Gasteiger partial charge in [0, 0.05) is 13.2 Å². The maximum absolute atomic E-state index is 11.6. The number of hydrogen-bond acceptors (Lipinski definition) is 5. The predicted octanol–water partition coefficient (Wildman–Crippen LogP) is 1.75. The standard InChI is InChI=1S/C14H29NO4/c1-6-18-11-12(2)19-10-8-7-9-14(3,15-4)13(16)17-5/h12,15H,6-11H2,1-5H3. The van der Waals surface area contributed by atoms with Crippen LogP contribution >= 0.6 is 0 Å². The Labute approximate surface area is 117 Å². The summed E-state index contributed by atoms with van der Waals surface area (Å²) in [5.74, 6) is -0.222. The van der Waals surface area contributed by atoms with Crippen molar-refractivity contribution in [2.75, 3.05) is 34.0 Å². The van der Waals surface area contributed by atoms with Crippen molar-refractivity contribution in [3.05, 3.63) is 0 Å². The summed E-state index contributed by atoms with van der Waals surface area (Å²) in [6, 6.07) is 0. The highest BCUT2D eigenvalue weighted by Gasteiger charge is 2.31. The number of hydrogen-bond donors (Lipinski definition) is 1. The number of unbranched alkanes of at least 4 members (excludes halogenated alkanes) is 1. The van der Waals surface area contributed by atoms with Gasteiger partial charge in [-0.15, -0.1) is 0 Å². The van der Waals surface area contributed by atoms with Crippen LogP contribution in [0.4, 0.5) is 0 Å². The second-order valence-electron chi connectivity index (χ2n) is 4.87. The van der Waals surface area contributed by atoms with E-state index in [0.717, 1.165) is 19.3 Å². The second-order valence-corrected chi connectivity index (χ2v) is 4.87. The third-order valence-corrected chi connectivity index (χ3v) is 3.22. The molecule has 0 fully saturated rings. The molecule has 5 nitrogen and oxygen atoms in total. The van der Waals surface area contributed by atoms with E-state index in [0.29, 0.717) is 19.8 Å². The summed E-state index contributed by atoms with van der Waals surface area (Å²) in [5, 5.41) is 3.02. The molecule has 0 aliphatic rings. The molecule has 1 N–H and O–H groups in total. The molecule has 2 unspecified atom stereocenters. The van der Waals surface area contributed by atoms with Gasteiger partial charge in [-0.05, 0) is 47.1 Å². The number of carbonyl (C=O) groups is 1. The van der Waals surface area contributed by atoms with Crippen molar-refractivity contribution in [1.82, 2.24) is 5.32 Å². The third-order valence-electron chi connectivity index (χ3n) is 3.22. The minimum Gasteiger partial charge on any atom is -0.468 e. The largest absolute Gasteiger partial charge is 0.468 e. The molecular weight excluding hydrogens is 246 g/mol. The van der Waals surface area contributed by atoms with E-state index in [9.17, 15) is 4.79 Å². The highest BCUT2D eigenvalue weighted by molar-refractivity contribution is 5.80. The van der Waals surface area contributed by atoms with Crippen LogP contribution in [0, 0.1) is 0 Å². The van der Waals surface area contributed by atoms with Gasteiger partial charge in [-0.2, -0.15) is 0 Å². The molecule has 2 atom stereocenters. The molecule has 0 radical (unpaired) electrons. The van der Waals surface area contributed by atoms with E-state index in [-0.39, 0.29) is 12.1 Å². The molecule has 0 saturated heterocycles. The first kappa shape index (κ1) is 18.4. The molecule has 0 aromatic heterocycles. The topological polar surface area (TPSA) is 56.8 Å². The molecule has 5 heteroatoms. The Hall–Kier alpha value is -0.650. The molecule has 19 heavy (non-hydrogen) atoms. The normalized spacial score (nSPS) is 15.8. The van der Waals surface area contributed by atoms with Gasteiger partial charge in [-0.3, -0.25) is 4.79 Å². The number of carbonyl (C=O) groups excluding carboxylic acids is 1. The van der Waals surface area contributed by atoms with Crippen LogP contribution in [0.1, 0.15) is 40.0 Å². The van der Waals surface area contributed by atoms with E-state index in [2.05, 4.69) is 5.32 Å². The van der Waals surface area contributed by atoms with Gasteiger partial charge in [-0.1, -0.05) is 0 Å². The van der Waals surface area contributed by atoms with Gasteiger partial charge in [-0.25, -0.2) is 0 Å². The fourth-order valence-electron chi connectivity index (χ4n) is 1.75. The van der Waals surface area contributed by atoms with E-state index in [4.69, 9.17) is 14.2 Å². The van der Waals surface area contributed by atoms with Crippen molar-refractivity contribution >= 4 is 5.97 Å². The number of ether oxygens (including phenoxy) is 3. The van der Waals surface area contributed by atoms with Crippen LogP contribution in [-0.2, 0) is 19.0 Å². The minimum atomic E-state index is -0.605. The Morgan fingerprint density at radius 3 is 2.58 bits per heavy atom. The SMILES string of the molecule is CCOCC(C)OCCCCC(C)(NC)C(=O)OC. The van der Waals surface area contributed by atoms with E-state index < -0.39 is 5.54 Å². The predicted molar refractivity (Wildman–Crippen MR) is 75.2 cm³/mol. The van der Waals surface area contributed by atoms with Crippen molar-refractivity contribution < 1.29 is 19.0 Å². The van der Waals surface area contributed by atoms with Gasteiger partial charge in [0.05, 0.1) is 19.8 Å². The average molecular weight is 275 g/mol. The lowest BCUT2D eigenvalue weighted by atomic mass is 9.95. The van der Waals surface area contributed by atoms with Crippen molar-refractivity contribution in [3.63, 3.8) is 0 Å². The lowest BCUT2D eigenvalue weighted by Gasteiger charge is -2.26. The van der Waals surface area contributed by atoms with Crippen LogP contribution in [0.25, 0.3) is 0 Å². The summed E-state index contributed by atoms with van der Waals surface area (Å²) < 4.78 is 15.7. The van der Waals surface area contributed by atoms with E-state index in [1.165, 1.54) is 7.11 Å². The molecule has 0 bridgehead atoms. The molecule has 0 aromatic carbocycles. The minimum absolute atomic E-state index is 0.122. The van der Waals surface area contributed by atoms with Gasteiger partial charge in [0.15, 0.2) is 0 Å². The van der Waals surface area contributed by atoms with E-state index >= 15 is 0 Å². The van der Waals surface area contributed by atoms with Crippen LogP contribution in [0.2, 0.25) is 0 Å². The smallest absolute Gasteiger partial charge is 0.325 e. The number of rotatable bonds is 11. The summed E-state index contributed by atoms with van der Waals surface area (Å²) >= 11 is 0. The Morgan fingerprint density at radius 1 is 1.37 bits per heavy atom. The van der Waals surface area contributed by atoms with Gasteiger partial charge in [0.1, 0.15) is 5.54 Å². The first-order chi connectivity index (χ1) is 9.00. The van der Waals surface area contributed by atoms with Gasteiger partial charge < -0.3 is 19.5 Å². The molecule has 0 amide bonds. The maximum atomic E-state index is 11.6. The summed E-state index contributed by atoms with van der Waals surface area (Å²) in [5.41, 5.74) is -0.605. The molecule has 114 valence electrons. The van der Waals surface area contributed by atoms with E-state index in [1.54, 1.807) is 7.05 Å². The van der Waals surface area contributed by atoms with Crippen molar-refractivity contribution in [3.8, 4) is 0 Å². The number of likely N-dealkylation sites (N-methyl/N-ethyl adjacent to an activating group) is 1. The average Bonchev–Trinajstić information content (AvgIpc) is 2.43. The lowest BCUT2D eigenvalue weighted by molar-refractivity contribution is -0.148. The fraction of sp³-hybridized carbons (Fsp3) is 0.929. The van der Waals surface area contributed by atoms with Gasteiger partial charge in [0.25, 0.3) is 0 Å². The Bertz CT molecular complexity index is 248. The molecule has 0 aliphatic heterocycles. The van der Waals surface area contributed by atoms with Gasteiger partial charge >= 0.3 is 5.97 Å². The van der Waals surface area contributed by atoms with Crippen LogP contribution < -0.4 is 5.32 Å². The number of nitrogens with one attached hydrogen (secondary N) is 1. The van der Waals surface area contributed by atoms with Crippen molar-refractivity contribution in [1.29, 1.82) is 0 Å². The molecular formula is C14H29NO4. The van der Waals surface area contributed by atoms with Crippen LogP contribution in [0.3, 0.4) is 0 Å². The molecule has 0 spiro atoms. The highest BCUT2D eigenvalue weighted by atomic mass is 16.5. The lowest BCUT2D eigenvalue weighted by Crippen LogP contribution is -2.48. The molecule has 0 aromatic rings. The Balaban J connectivity index is 3.75. The first-order valence-electron chi connectivity index (χ1n) is 6.96. The monoisotopic (exact) mass is 275 g/mol. The zero-order chi connectivity index (χ0) is 14.7.